The first-order valence-electron chi connectivity index (χ1n) is 6.94. The summed E-state index contributed by atoms with van der Waals surface area (Å²) in [4.78, 5) is 15.9. The Morgan fingerprint density at radius 1 is 1.22 bits per heavy atom. The Hall–Kier alpha value is -0.320. The molecule has 2 aliphatic rings. The van der Waals surface area contributed by atoms with Gasteiger partial charge < -0.3 is 15.1 Å². The van der Waals surface area contributed by atoms with Crippen LogP contribution in [0, 0.1) is 5.92 Å². The molecule has 0 aromatic heterocycles. The number of nitrogens with zero attached hydrogens (tertiary/aromatic N) is 2. The van der Waals surface area contributed by atoms with Crippen LogP contribution in [0.4, 0.5) is 0 Å². The van der Waals surface area contributed by atoms with E-state index in [-0.39, 0.29) is 18.3 Å². The van der Waals surface area contributed by atoms with E-state index in [0.29, 0.717) is 0 Å². The molecule has 5 heteroatoms. The molecule has 106 valence electrons. The summed E-state index contributed by atoms with van der Waals surface area (Å²) in [6.45, 7) is 9.31. The number of hydrogen-bond donors (Lipinski definition) is 1. The van der Waals surface area contributed by atoms with E-state index in [1.54, 1.807) is 6.92 Å². The summed E-state index contributed by atoms with van der Waals surface area (Å²) >= 11 is 0. The molecule has 2 heterocycles. The number of piperidine rings is 1. The molecule has 2 rings (SSSR count). The second-order valence-corrected chi connectivity index (χ2v) is 5.37. The molecule has 0 bridgehead atoms. The first-order valence-corrected chi connectivity index (χ1v) is 6.94. The summed E-state index contributed by atoms with van der Waals surface area (Å²) in [6.07, 6.45) is 3.80. The highest BCUT2D eigenvalue weighted by atomic mass is 35.5. The highest BCUT2D eigenvalue weighted by Gasteiger charge is 2.20. The minimum absolute atomic E-state index is 0. The largest absolute Gasteiger partial charge is 0.342 e. The molecule has 1 atom stereocenters. The minimum Gasteiger partial charge on any atom is -0.342 e. The van der Waals surface area contributed by atoms with Gasteiger partial charge in [0.05, 0.1) is 0 Å². The Labute approximate surface area is 116 Å². The van der Waals surface area contributed by atoms with Gasteiger partial charge in [0, 0.05) is 33.1 Å². The highest BCUT2D eigenvalue weighted by molar-refractivity contribution is 5.85. The molecule has 18 heavy (non-hydrogen) atoms. The van der Waals surface area contributed by atoms with Crippen molar-refractivity contribution >= 4 is 18.3 Å². The molecule has 0 aliphatic carbocycles. The summed E-state index contributed by atoms with van der Waals surface area (Å²) in [5.74, 6) is 1.04. The van der Waals surface area contributed by atoms with Crippen molar-refractivity contribution in [3.05, 3.63) is 0 Å². The Balaban J connectivity index is 0.00000162. The average molecular weight is 276 g/mol. The van der Waals surface area contributed by atoms with Crippen LogP contribution in [-0.2, 0) is 4.79 Å². The molecule has 2 saturated heterocycles. The maximum absolute atomic E-state index is 11.3. The van der Waals surface area contributed by atoms with Crippen LogP contribution >= 0.6 is 12.4 Å². The van der Waals surface area contributed by atoms with Gasteiger partial charge in [0.2, 0.25) is 5.91 Å². The van der Waals surface area contributed by atoms with Gasteiger partial charge in [-0.25, -0.2) is 0 Å². The Bertz CT molecular complexity index is 257. The third-order valence-electron chi connectivity index (χ3n) is 3.95. The zero-order chi connectivity index (χ0) is 12.1. The summed E-state index contributed by atoms with van der Waals surface area (Å²) in [5, 5.41) is 3.48. The summed E-state index contributed by atoms with van der Waals surface area (Å²) in [5.41, 5.74) is 0. The molecule has 0 aromatic rings. The van der Waals surface area contributed by atoms with E-state index in [4.69, 9.17) is 0 Å². The Kier molecular flexibility index (Phi) is 6.97. The van der Waals surface area contributed by atoms with Crippen LogP contribution in [0.2, 0.25) is 0 Å². The van der Waals surface area contributed by atoms with Crippen LogP contribution in [0.25, 0.3) is 0 Å². The molecule has 1 unspecified atom stereocenters. The van der Waals surface area contributed by atoms with E-state index in [1.165, 1.54) is 32.5 Å². The van der Waals surface area contributed by atoms with Crippen LogP contribution in [0.15, 0.2) is 0 Å². The molecule has 2 fully saturated rings. The van der Waals surface area contributed by atoms with Crippen molar-refractivity contribution in [1.29, 1.82) is 0 Å². The third-order valence-corrected chi connectivity index (χ3v) is 3.95. The first kappa shape index (κ1) is 15.7. The monoisotopic (exact) mass is 275 g/mol. The van der Waals surface area contributed by atoms with Gasteiger partial charge >= 0.3 is 0 Å². The fraction of sp³-hybridized carbons (Fsp3) is 0.923. The number of rotatable bonds is 2. The lowest BCUT2D eigenvalue weighted by Crippen LogP contribution is -2.40. The number of carbonyl (C=O) groups excluding carboxylic acids is 1. The lowest BCUT2D eigenvalue weighted by atomic mass is 9.99. The van der Waals surface area contributed by atoms with Gasteiger partial charge in [-0.2, -0.15) is 0 Å². The van der Waals surface area contributed by atoms with E-state index in [9.17, 15) is 4.79 Å². The van der Waals surface area contributed by atoms with Crippen LogP contribution in [0.5, 0.6) is 0 Å². The molecule has 0 spiro atoms. The van der Waals surface area contributed by atoms with Gasteiger partial charge in [-0.05, 0) is 44.8 Å². The SMILES string of the molecule is CC(=O)N1CCCN(CC2CCCNC2)CC1.Cl. The van der Waals surface area contributed by atoms with Crippen LogP contribution < -0.4 is 5.32 Å². The van der Waals surface area contributed by atoms with E-state index < -0.39 is 0 Å². The van der Waals surface area contributed by atoms with Crippen LogP contribution in [-0.4, -0.2) is 61.5 Å². The van der Waals surface area contributed by atoms with Gasteiger partial charge in [0.1, 0.15) is 0 Å². The van der Waals surface area contributed by atoms with Gasteiger partial charge in [0.25, 0.3) is 0 Å². The maximum Gasteiger partial charge on any atom is 0.219 e. The Morgan fingerprint density at radius 3 is 2.72 bits per heavy atom. The number of nitrogens with one attached hydrogen (secondary N) is 1. The van der Waals surface area contributed by atoms with Gasteiger partial charge in [-0.3, -0.25) is 4.79 Å². The van der Waals surface area contributed by atoms with E-state index in [2.05, 4.69) is 10.2 Å². The van der Waals surface area contributed by atoms with E-state index in [0.717, 1.165) is 38.5 Å². The minimum atomic E-state index is 0. The third kappa shape index (κ3) is 4.75. The highest BCUT2D eigenvalue weighted by Crippen LogP contribution is 2.13. The molecule has 4 nitrogen and oxygen atoms in total. The molecular formula is C13H26ClN3O. The number of halogens is 1. The predicted molar refractivity (Wildman–Crippen MR) is 76.2 cm³/mol. The number of hydrogen-bond acceptors (Lipinski definition) is 3. The standard InChI is InChI=1S/C13H25N3O.ClH/c1-12(17)16-7-3-6-15(8-9-16)11-13-4-2-5-14-10-13;/h13-14H,2-11H2,1H3;1H. The van der Waals surface area contributed by atoms with E-state index in [1.807, 2.05) is 4.90 Å². The maximum atomic E-state index is 11.3. The van der Waals surface area contributed by atoms with Crippen molar-refractivity contribution in [2.75, 3.05) is 45.8 Å². The molecule has 1 N–H and O–H groups in total. The van der Waals surface area contributed by atoms with Crippen molar-refractivity contribution in [3.63, 3.8) is 0 Å². The lowest BCUT2D eigenvalue weighted by molar-refractivity contribution is -0.128. The van der Waals surface area contributed by atoms with Crippen molar-refractivity contribution < 1.29 is 4.79 Å². The first-order chi connectivity index (χ1) is 8.25. The normalized spacial score (nSPS) is 26.3. The second-order valence-electron chi connectivity index (χ2n) is 5.37. The summed E-state index contributed by atoms with van der Waals surface area (Å²) in [7, 11) is 0. The number of amides is 1. The Morgan fingerprint density at radius 2 is 2.06 bits per heavy atom. The van der Waals surface area contributed by atoms with Crippen molar-refractivity contribution in [2.24, 2.45) is 5.92 Å². The van der Waals surface area contributed by atoms with Crippen LogP contribution in [0.1, 0.15) is 26.2 Å². The van der Waals surface area contributed by atoms with E-state index >= 15 is 0 Å². The van der Waals surface area contributed by atoms with Gasteiger partial charge in [0.15, 0.2) is 0 Å². The van der Waals surface area contributed by atoms with Crippen LogP contribution in [0.3, 0.4) is 0 Å². The molecule has 1 amide bonds. The lowest BCUT2D eigenvalue weighted by Gasteiger charge is -2.29. The quantitative estimate of drug-likeness (QED) is 0.816. The topological polar surface area (TPSA) is 35.6 Å². The summed E-state index contributed by atoms with van der Waals surface area (Å²) < 4.78 is 0. The van der Waals surface area contributed by atoms with Crippen molar-refractivity contribution in [1.82, 2.24) is 15.1 Å². The summed E-state index contributed by atoms with van der Waals surface area (Å²) in [6, 6.07) is 0. The predicted octanol–water partition coefficient (Wildman–Crippen LogP) is 0.962. The molecular weight excluding hydrogens is 250 g/mol. The molecule has 0 radical (unpaired) electrons. The molecule has 2 aliphatic heterocycles. The fourth-order valence-electron chi connectivity index (χ4n) is 2.91. The van der Waals surface area contributed by atoms with Gasteiger partial charge in [-0.1, -0.05) is 0 Å². The second kappa shape index (κ2) is 7.97. The molecule has 0 saturated carbocycles. The zero-order valence-electron chi connectivity index (χ0n) is 11.4. The average Bonchev–Trinajstić information content (AvgIpc) is 2.56. The zero-order valence-corrected chi connectivity index (χ0v) is 12.2. The van der Waals surface area contributed by atoms with Crippen molar-refractivity contribution in [3.8, 4) is 0 Å². The smallest absolute Gasteiger partial charge is 0.219 e. The van der Waals surface area contributed by atoms with Gasteiger partial charge in [-0.15, -0.1) is 12.4 Å². The fourth-order valence-corrected chi connectivity index (χ4v) is 2.91. The molecule has 0 aromatic carbocycles. The number of carbonyl (C=O) groups is 1. The van der Waals surface area contributed by atoms with Crippen molar-refractivity contribution in [2.45, 2.75) is 26.2 Å².